The molecule has 0 aromatic heterocycles. The molecular weight excluding hydrogens is 434 g/mol. The highest BCUT2D eigenvalue weighted by Gasteiger charge is 2.55. The zero-order valence-corrected chi connectivity index (χ0v) is 18.2. The van der Waals surface area contributed by atoms with Crippen molar-refractivity contribution in [2.75, 3.05) is 40.3 Å². The van der Waals surface area contributed by atoms with Gasteiger partial charge in [-0.15, -0.1) is 0 Å². The lowest BCUT2D eigenvalue weighted by Gasteiger charge is -2.27. The molecule has 0 saturated carbocycles. The number of carbonyl (C=O) groups is 3. The van der Waals surface area contributed by atoms with Crippen LogP contribution in [-0.2, 0) is 20.9 Å². The van der Waals surface area contributed by atoms with Gasteiger partial charge in [-0.2, -0.15) is 13.2 Å². The molecule has 0 unspecified atom stereocenters. The number of benzene rings is 1. The van der Waals surface area contributed by atoms with E-state index in [1.807, 2.05) is 6.07 Å². The van der Waals surface area contributed by atoms with Gasteiger partial charge in [0.2, 0.25) is 11.8 Å². The lowest BCUT2D eigenvalue weighted by atomic mass is 9.78. The molecule has 1 N–H and O–H groups in total. The predicted molar refractivity (Wildman–Crippen MR) is 107 cm³/mol. The predicted octanol–water partition coefficient (Wildman–Crippen LogP) is 2.22. The summed E-state index contributed by atoms with van der Waals surface area (Å²) in [7, 11) is 3.41. The van der Waals surface area contributed by atoms with Crippen LogP contribution >= 0.6 is 0 Å². The summed E-state index contributed by atoms with van der Waals surface area (Å²) in [4.78, 5) is 39.3. The second kappa shape index (κ2) is 9.85. The number of amides is 2. The van der Waals surface area contributed by atoms with Crippen molar-refractivity contribution in [3.63, 3.8) is 0 Å². The fourth-order valence-corrected chi connectivity index (χ4v) is 4.11. The molecule has 178 valence electrons. The third-order valence-electron chi connectivity index (χ3n) is 5.88. The third-order valence-corrected chi connectivity index (χ3v) is 5.88. The third kappa shape index (κ3) is 5.96. The minimum absolute atomic E-state index is 0.0485. The highest BCUT2D eigenvalue weighted by Crippen LogP contribution is 2.45. The Morgan fingerprint density at radius 1 is 1.28 bits per heavy atom. The molecule has 2 saturated heterocycles. The van der Waals surface area contributed by atoms with E-state index in [4.69, 9.17) is 9.90 Å². The van der Waals surface area contributed by atoms with Gasteiger partial charge in [0.05, 0.1) is 12.0 Å². The minimum Gasteiger partial charge on any atom is -0.475 e. The maximum absolute atomic E-state index is 13.4. The standard InChI is InChI=1S/C19H26FN3O2.C2HF3O2/c1-14-10-22(11-15-5-4-6-16(20)9-15)13-19(14)7-8-23(18(19)25)12-17(24)21(2)3;3-2(4,5)1(6)7/h4-6,9,14H,7-8,10-13H2,1-3H3;(H,6,7)/t14-,19-;/m0./s1. The van der Waals surface area contributed by atoms with Crippen LogP contribution in [0.3, 0.4) is 0 Å². The maximum Gasteiger partial charge on any atom is 0.490 e. The van der Waals surface area contributed by atoms with Crippen molar-refractivity contribution in [3.05, 3.63) is 35.6 Å². The van der Waals surface area contributed by atoms with Gasteiger partial charge in [-0.1, -0.05) is 19.1 Å². The number of aliphatic carboxylic acids is 1. The number of carbonyl (C=O) groups excluding carboxylic acids is 2. The van der Waals surface area contributed by atoms with Crippen LogP contribution in [0.5, 0.6) is 0 Å². The number of likely N-dealkylation sites (tertiary alicyclic amines) is 2. The molecule has 11 heteroatoms. The van der Waals surface area contributed by atoms with Gasteiger partial charge in [0.25, 0.3) is 0 Å². The van der Waals surface area contributed by atoms with Crippen molar-refractivity contribution in [1.82, 2.24) is 14.7 Å². The molecule has 32 heavy (non-hydrogen) atoms. The Balaban J connectivity index is 0.000000451. The molecule has 2 fully saturated rings. The number of halogens is 4. The van der Waals surface area contributed by atoms with E-state index in [2.05, 4.69) is 11.8 Å². The summed E-state index contributed by atoms with van der Waals surface area (Å²) in [5.74, 6) is -2.71. The van der Waals surface area contributed by atoms with Gasteiger partial charge in [0, 0.05) is 40.3 Å². The van der Waals surface area contributed by atoms with E-state index in [9.17, 15) is 27.2 Å². The first-order valence-corrected chi connectivity index (χ1v) is 10.0. The zero-order chi connectivity index (χ0) is 24.3. The molecular formula is C21H27F4N3O4. The molecule has 2 amide bonds. The molecule has 1 spiro atoms. The molecule has 3 rings (SSSR count). The average molecular weight is 461 g/mol. The van der Waals surface area contributed by atoms with Crippen molar-refractivity contribution in [2.24, 2.45) is 11.3 Å². The van der Waals surface area contributed by atoms with E-state index >= 15 is 0 Å². The topological polar surface area (TPSA) is 81.2 Å². The number of nitrogens with zero attached hydrogens (tertiary/aromatic N) is 3. The molecule has 1 aromatic rings. The summed E-state index contributed by atoms with van der Waals surface area (Å²) in [5, 5.41) is 7.12. The Morgan fingerprint density at radius 3 is 2.44 bits per heavy atom. The number of likely N-dealkylation sites (N-methyl/N-ethyl adjacent to an activating group) is 1. The van der Waals surface area contributed by atoms with Crippen LogP contribution in [0.25, 0.3) is 0 Å². The van der Waals surface area contributed by atoms with E-state index in [1.165, 1.54) is 11.0 Å². The van der Waals surface area contributed by atoms with Crippen molar-refractivity contribution < 1.29 is 37.1 Å². The number of hydrogen-bond acceptors (Lipinski definition) is 4. The van der Waals surface area contributed by atoms with Crippen LogP contribution in [0.4, 0.5) is 17.6 Å². The normalized spacial score (nSPS) is 23.3. The zero-order valence-electron chi connectivity index (χ0n) is 18.2. The summed E-state index contributed by atoms with van der Waals surface area (Å²) in [5.41, 5.74) is 0.522. The largest absolute Gasteiger partial charge is 0.490 e. The number of alkyl halides is 3. The molecule has 2 aliphatic rings. The van der Waals surface area contributed by atoms with Crippen molar-refractivity contribution in [1.29, 1.82) is 0 Å². The van der Waals surface area contributed by atoms with Crippen molar-refractivity contribution in [2.45, 2.75) is 26.1 Å². The van der Waals surface area contributed by atoms with E-state index in [1.54, 1.807) is 31.1 Å². The number of hydrogen-bond donors (Lipinski definition) is 1. The van der Waals surface area contributed by atoms with Gasteiger partial charge in [-0.25, -0.2) is 9.18 Å². The summed E-state index contributed by atoms with van der Waals surface area (Å²) >= 11 is 0. The van der Waals surface area contributed by atoms with Crippen LogP contribution in [0.15, 0.2) is 24.3 Å². The fraction of sp³-hybridized carbons (Fsp3) is 0.571. The second-order valence-corrected chi connectivity index (χ2v) is 8.42. The second-order valence-electron chi connectivity index (χ2n) is 8.42. The highest BCUT2D eigenvalue weighted by atomic mass is 19.4. The number of carboxylic acid groups (broad SMARTS) is 1. The van der Waals surface area contributed by atoms with Crippen LogP contribution in [-0.4, -0.2) is 84.0 Å². The van der Waals surface area contributed by atoms with Gasteiger partial charge in [-0.05, 0) is 30.0 Å². The van der Waals surface area contributed by atoms with Crippen LogP contribution in [0.2, 0.25) is 0 Å². The summed E-state index contributed by atoms with van der Waals surface area (Å²) in [6, 6.07) is 6.62. The van der Waals surface area contributed by atoms with Gasteiger partial charge in [0.1, 0.15) is 5.82 Å². The lowest BCUT2D eigenvalue weighted by molar-refractivity contribution is -0.192. The molecule has 0 radical (unpaired) electrons. The van der Waals surface area contributed by atoms with E-state index < -0.39 is 17.6 Å². The Labute approximate surface area is 183 Å². The highest BCUT2D eigenvalue weighted by molar-refractivity contribution is 5.90. The smallest absolute Gasteiger partial charge is 0.475 e. The van der Waals surface area contributed by atoms with Gasteiger partial charge < -0.3 is 14.9 Å². The van der Waals surface area contributed by atoms with Gasteiger partial charge >= 0.3 is 12.1 Å². The molecule has 2 aliphatic heterocycles. The lowest BCUT2D eigenvalue weighted by Crippen LogP contribution is -2.43. The summed E-state index contributed by atoms with van der Waals surface area (Å²) in [6.45, 7) is 5.04. The fourth-order valence-electron chi connectivity index (χ4n) is 4.11. The minimum atomic E-state index is -5.08. The molecule has 0 aliphatic carbocycles. The van der Waals surface area contributed by atoms with E-state index in [0.717, 1.165) is 18.5 Å². The van der Waals surface area contributed by atoms with E-state index in [0.29, 0.717) is 19.6 Å². The quantitative estimate of drug-likeness (QED) is 0.696. The summed E-state index contributed by atoms with van der Waals surface area (Å²) < 4.78 is 45.1. The first-order valence-electron chi connectivity index (χ1n) is 10.0. The van der Waals surface area contributed by atoms with Gasteiger partial charge in [0.15, 0.2) is 0 Å². The molecule has 2 atom stereocenters. The van der Waals surface area contributed by atoms with Gasteiger partial charge in [-0.3, -0.25) is 14.5 Å². The SMILES string of the molecule is C[C@H]1CN(Cc2cccc(F)c2)C[C@@]12CCN(CC(=O)N(C)C)C2=O.O=C(O)C(F)(F)F. The molecule has 7 nitrogen and oxygen atoms in total. The van der Waals surface area contributed by atoms with Crippen LogP contribution in [0, 0.1) is 17.2 Å². The van der Waals surface area contributed by atoms with Crippen LogP contribution in [0.1, 0.15) is 18.9 Å². The Hall–Kier alpha value is -2.69. The summed E-state index contributed by atoms with van der Waals surface area (Å²) in [6.07, 6.45) is -4.30. The first kappa shape index (κ1) is 25.6. The van der Waals surface area contributed by atoms with Crippen molar-refractivity contribution in [3.8, 4) is 0 Å². The first-order chi connectivity index (χ1) is 14.8. The average Bonchev–Trinajstić information content (AvgIpc) is 3.15. The molecule has 2 heterocycles. The Morgan fingerprint density at radius 2 is 1.91 bits per heavy atom. The number of rotatable bonds is 4. The molecule has 1 aromatic carbocycles. The maximum atomic E-state index is 13.4. The molecule has 0 bridgehead atoms. The van der Waals surface area contributed by atoms with E-state index in [-0.39, 0.29) is 30.1 Å². The Bertz CT molecular complexity index is 862. The van der Waals surface area contributed by atoms with Crippen molar-refractivity contribution >= 4 is 17.8 Å². The number of carboxylic acids is 1. The Kier molecular flexibility index (Phi) is 7.87. The van der Waals surface area contributed by atoms with Crippen LogP contribution < -0.4 is 0 Å². The monoisotopic (exact) mass is 461 g/mol.